The Morgan fingerprint density at radius 2 is 2.21 bits per heavy atom. The van der Waals surface area contributed by atoms with Gasteiger partial charge in [-0.05, 0) is 24.6 Å². The number of amides is 2. The van der Waals surface area contributed by atoms with E-state index in [0.29, 0.717) is 10.9 Å². The Kier molecular flexibility index (Phi) is 4.19. The zero-order chi connectivity index (χ0) is 14.0. The van der Waals surface area contributed by atoms with Crippen LogP contribution in [0.25, 0.3) is 0 Å². The monoisotopic (exact) mass is 328 g/mol. The van der Waals surface area contributed by atoms with Crippen molar-refractivity contribution < 1.29 is 14.0 Å². The van der Waals surface area contributed by atoms with Crippen LogP contribution in [-0.2, 0) is 9.59 Å². The van der Waals surface area contributed by atoms with E-state index in [0.717, 1.165) is 0 Å². The second-order valence-corrected chi connectivity index (χ2v) is 5.28. The summed E-state index contributed by atoms with van der Waals surface area (Å²) in [5, 5.41) is 2.65. The molecule has 0 spiro atoms. The summed E-state index contributed by atoms with van der Waals surface area (Å²) < 4.78 is 14.5. The molecule has 2 rings (SSSR count). The first-order valence-electron chi connectivity index (χ1n) is 6.08. The highest BCUT2D eigenvalue weighted by molar-refractivity contribution is 9.10. The minimum absolute atomic E-state index is 0.178. The number of nitrogens with one attached hydrogen (secondary N) is 1. The summed E-state index contributed by atoms with van der Waals surface area (Å²) in [6, 6.07) is 3.94. The summed E-state index contributed by atoms with van der Waals surface area (Å²) in [5.41, 5.74) is 0.211. The SMILES string of the molecule is CCC1NC(=O)CCN(c2ccc(Br)cc2F)C1=O. The molecule has 102 valence electrons. The molecule has 0 radical (unpaired) electrons. The Hall–Kier alpha value is -1.43. The maximum absolute atomic E-state index is 13.9. The van der Waals surface area contributed by atoms with Gasteiger partial charge in [0.1, 0.15) is 11.9 Å². The van der Waals surface area contributed by atoms with Crippen LogP contribution in [0.5, 0.6) is 0 Å². The smallest absolute Gasteiger partial charge is 0.249 e. The van der Waals surface area contributed by atoms with Crippen LogP contribution in [0, 0.1) is 5.82 Å². The molecule has 1 fully saturated rings. The molecule has 1 aromatic rings. The van der Waals surface area contributed by atoms with Gasteiger partial charge in [-0.1, -0.05) is 22.9 Å². The van der Waals surface area contributed by atoms with Crippen molar-refractivity contribution in [3.63, 3.8) is 0 Å². The standard InChI is InChI=1S/C13H14BrFN2O2/c1-2-10-13(19)17(6-5-12(18)16-10)11-4-3-8(14)7-9(11)15/h3-4,7,10H,2,5-6H2,1H3,(H,16,18). The Labute approximate surface area is 119 Å². The first-order valence-corrected chi connectivity index (χ1v) is 6.88. The van der Waals surface area contributed by atoms with E-state index in [2.05, 4.69) is 21.2 Å². The third kappa shape index (κ3) is 2.94. The van der Waals surface area contributed by atoms with Crippen LogP contribution in [-0.4, -0.2) is 24.4 Å². The van der Waals surface area contributed by atoms with Crippen LogP contribution < -0.4 is 10.2 Å². The maximum Gasteiger partial charge on any atom is 0.249 e. The number of hydrogen-bond acceptors (Lipinski definition) is 2. The molecule has 0 bridgehead atoms. The number of halogens is 2. The van der Waals surface area contributed by atoms with Gasteiger partial charge in [-0.2, -0.15) is 0 Å². The van der Waals surface area contributed by atoms with Crippen molar-refractivity contribution in [1.82, 2.24) is 5.32 Å². The highest BCUT2D eigenvalue weighted by Crippen LogP contribution is 2.25. The van der Waals surface area contributed by atoms with Gasteiger partial charge in [0.25, 0.3) is 0 Å². The lowest BCUT2D eigenvalue weighted by molar-refractivity contribution is -0.125. The minimum atomic E-state index is -0.585. The molecule has 4 nitrogen and oxygen atoms in total. The quantitative estimate of drug-likeness (QED) is 0.905. The molecule has 19 heavy (non-hydrogen) atoms. The van der Waals surface area contributed by atoms with Gasteiger partial charge in [-0.25, -0.2) is 4.39 Å². The summed E-state index contributed by atoms with van der Waals surface area (Å²) in [6.45, 7) is 2.00. The van der Waals surface area contributed by atoms with Crippen molar-refractivity contribution in [2.24, 2.45) is 0 Å². The molecule has 1 aliphatic rings. The highest BCUT2D eigenvalue weighted by atomic mass is 79.9. The Morgan fingerprint density at radius 3 is 2.84 bits per heavy atom. The molecule has 1 heterocycles. The van der Waals surface area contributed by atoms with Gasteiger partial charge in [0, 0.05) is 17.4 Å². The summed E-state index contributed by atoms with van der Waals surface area (Å²) in [6.07, 6.45) is 0.664. The largest absolute Gasteiger partial charge is 0.344 e. The maximum atomic E-state index is 13.9. The van der Waals surface area contributed by atoms with Gasteiger partial charge in [0.05, 0.1) is 5.69 Å². The van der Waals surface area contributed by atoms with Crippen LogP contribution >= 0.6 is 15.9 Å². The second kappa shape index (κ2) is 5.69. The van der Waals surface area contributed by atoms with Gasteiger partial charge < -0.3 is 10.2 Å². The van der Waals surface area contributed by atoms with Crippen LogP contribution in [0.1, 0.15) is 19.8 Å². The number of benzene rings is 1. The number of nitrogens with zero attached hydrogens (tertiary/aromatic N) is 1. The van der Waals surface area contributed by atoms with E-state index in [4.69, 9.17) is 0 Å². The molecule has 2 amide bonds. The lowest BCUT2D eigenvalue weighted by Crippen LogP contribution is -2.44. The first kappa shape index (κ1) is 14.0. The predicted octanol–water partition coefficient (Wildman–Crippen LogP) is 2.22. The molecular formula is C13H14BrFN2O2. The third-order valence-corrected chi connectivity index (χ3v) is 3.56. The van der Waals surface area contributed by atoms with E-state index in [-0.39, 0.29) is 30.5 Å². The van der Waals surface area contributed by atoms with E-state index in [9.17, 15) is 14.0 Å². The van der Waals surface area contributed by atoms with Gasteiger partial charge in [-0.3, -0.25) is 9.59 Å². The van der Waals surface area contributed by atoms with Crippen molar-refractivity contribution in [1.29, 1.82) is 0 Å². The minimum Gasteiger partial charge on any atom is -0.344 e. The van der Waals surface area contributed by atoms with Gasteiger partial charge in [0.15, 0.2) is 0 Å². The fourth-order valence-corrected chi connectivity index (χ4v) is 2.39. The van der Waals surface area contributed by atoms with Crippen molar-refractivity contribution in [2.75, 3.05) is 11.4 Å². The molecule has 1 atom stereocenters. The molecule has 1 aromatic carbocycles. The van der Waals surface area contributed by atoms with E-state index >= 15 is 0 Å². The summed E-state index contributed by atoms with van der Waals surface area (Å²) in [5.74, 6) is -0.929. The molecule has 1 saturated heterocycles. The topological polar surface area (TPSA) is 49.4 Å². The van der Waals surface area contributed by atoms with Crippen LogP contribution in [0.4, 0.5) is 10.1 Å². The highest BCUT2D eigenvalue weighted by Gasteiger charge is 2.30. The summed E-state index contributed by atoms with van der Waals surface area (Å²) >= 11 is 3.18. The lowest BCUT2D eigenvalue weighted by atomic mass is 10.2. The van der Waals surface area contributed by atoms with Gasteiger partial charge in [0.2, 0.25) is 11.8 Å². The Bertz CT molecular complexity index is 521. The number of carbonyl (C=O) groups is 2. The fourth-order valence-electron chi connectivity index (χ4n) is 2.06. The van der Waals surface area contributed by atoms with Crippen molar-refractivity contribution in [3.05, 3.63) is 28.5 Å². The second-order valence-electron chi connectivity index (χ2n) is 4.36. The molecular weight excluding hydrogens is 315 g/mol. The average molecular weight is 329 g/mol. The first-order chi connectivity index (χ1) is 9.02. The Morgan fingerprint density at radius 1 is 1.47 bits per heavy atom. The summed E-state index contributed by atoms with van der Waals surface area (Å²) in [4.78, 5) is 25.2. The van der Waals surface area contributed by atoms with Crippen molar-refractivity contribution in [3.8, 4) is 0 Å². The molecule has 0 aromatic heterocycles. The fraction of sp³-hybridized carbons (Fsp3) is 0.385. The lowest BCUT2D eigenvalue weighted by Gasteiger charge is -2.24. The molecule has 1 unspecified atom stereocenters. The van der Waals surface area contributed by atoms with E-state index in [1.807, 2.05) is 6.92 Å². The molecule has 1 N–H and O–H groups in total. The van der Waals surface area contributed by atoms with E-state index < -0.39 is 11.9 Å². The van der Waals surface area contributed by atoms with E-state index in [1.165, 1.54) is 11.0 Å². The van der Waals surface area contributed by atoms with Crippen LogP contribution in [0.2, 0.25) is 0 Å². The van der Waals surface area contributed by atoms with E-state index in [1.54, 1.807) is 12.1 Å². The molecule has 0 saturated carbocycles. The Balaban J connectivity index is 2.36. The van der Waals surface area contributed by atoms with Crippen LogP contribution in [0.15, 0.2) is 22.7 Å². The molecule has 6 heteroatoms. The van der Waals surface area contributed by atoms with Crippen molar-refractivity contribution in [2.45, 2.75) is 25.8 Å². The third-order valence-electron chi connectivity index (χ3n) is 3.07. The number of carbonyl (C=O) groups excluding carboxylic acids is 2. The average Bonchev–Trinajstić information content (AvgIpc) is 2.50. The summed E-state index contributed by atoms with van der Waals surface area (Å²) in [7, 11) is 0. The number of anilines is 1. The zero-order valence-electron chi connectivity index (χ0n) is 10.5. The van der Waals surface area contributed by atoms with Gasteiger partial charge in [-0.15, -0.1) is 0 Å². The number of hydrogen-bond donors (Lipinski definition) is 1. The van der Waals surface area contributed by atoms with Gasteiger partial charge >= 0.3 is 0 Å². The zero-order valence-corrected chi connectivity index (χ0v) is 12.0. The van der Waals surface area contributed by atoms with Crippen molar-refractivity contribution >= 4 is 33.4 Å². The number of rotatable bonds is 2. The predicted molar refractivity (Wildman–Crippen MR) is 73.3 cm³/mol. The molecule has 0 aliphatic carbocycles. The normalized spacial score (nSPS) is 20.2. The van der Waals surface area contributed by atoms with Crippen LogP contribution in [0.3, 0.4) is 0 Å². The molecule has 1 aliphatic heterocycles.